The van der Waals surface area contributed by atoms with Crippen LogP contribution in [0.25, 0.3) is 5.57 Å². The predicted octanol–water partition coefficient (Wildman–Crippen LogP) is 5.20. The molecule has 1 atom stereocenters. The van der Waals surface area contributed by atoms with E-state index in [4.69, 9.17) is 0 Å². The van der Waals surface area contributed by atoms with Crippen molar-refractivity contribution in [1.29, 1.82) is 0 Å². The Kier molecular flexibility index (Phi) is 10.9. The Bertz CT molecular complexity index is 1070. The van der Waals surface area contributed by atoms with Crippen LogP contribution >= 0.6 is 0 Å². The average molecular weight is 473 g/mol. The van der Waals surface area contributed by atoms with Crippen molar-refractivity contribution in [3.05, 3.63) is 114 Å². The number of carbonyl (C=O) groups is 1. The molecule has 0 aliphatic heterocycles. The molecule has 186 valence electrons. The number of rotatable bonds is 12. The molecule has 0 saturated carbocycles. The first-order chi connectivity index (χ1) is 16.8. The molecule has 0 saturated heterocycles. The first-order valence-corrected chi connectivity index (χ1v) is 12.1. The van der Waals surface area contributed by atoms with Gasteiger partial charge in [0.15, 0.2) is 0 Å². The summed E-state index contributed by atoms with van der Waals surface area (Å²) >= 11 is 0. The van der Waals surface area contributed by atoms with Gasteiger partial charge >= 0.3 is 0 Å². The second-order valence-electron chi connectivity index (χ2n) is 8.71. The SMILES string of the molecule is C=C/C(NC)=C(/C)N(C)/C(=C\C(=C)c1ccccc1C)NCCNC(=O)/C=C/C1=CCC(C)C=C1. The summed E-state index contributed by atoms with van der Waals surface area (Å²) in [7, 11) is 3.87. The predicted molar refractivity (Wildman–Crippen MR) is 149 cm³/mol. The lowest BCUT2D eigenvalue weighted by Crippen LogP contribution is -2.35. The van der Waals surface area contributed by atoms with Crippen molar-refractivity contribution in [2.75, 3.05) is 27.2 Å². The van der Waals surface area contributed by atoms with Gasteiger partial charge in [-0.05, 0) is 66.7 Å². The zero-order valence-corrected chi connectivity index (χ0v) is 21.8. The van der Waals surface area contributed by atoms with Gasteiger partial charge in [0, 0.05) is 39.0 Å². The van der Waals surface area contributed by atoms with Crippen molar-refractivity contribution >= 4 is 11.5 Å². The summed E-state index contributed by atoms with van der Waals surface area (Å²) in [5.41, 5.74) is 6.18. The van der Waals surface area contributed by atoms with Gasteiger partial charge in [-0.1, -0.05) is 62.6 Å². The largest absolute Gasteiger partial charge is 0.387 e. The van der Waals surface area contributed by atoms with Gasteiger partial charge in [-0.25, -0.2) is 0 Å². The summed E-state index contributed by atoms with van der Waals surface area (Å²) in [6, 6.07) is 8.19. The molecule has 0 aromatic heterocycles. The lowest BCUT2D eigenvalue weighted by Gasteiger charge is -2.27. The van der Waals surface area contributed by atoms with Crippen molar-refractivity contribution in [1.82, 2.24) is 20.9 Å². The molecule has 1 aromatic rings. The number of hydrogen-bond acceptors (Lipinski definition) is 4. The van der Waals surface area contributed by atoms with Crippen LogP contribution < -0.4 is 16.0 Å². The molecule has 5 nitrogen and oxygen atoms in total. The van der Waals surface area contributed by atoms with E-state index in [0.29, 0.717) is 19.0 Å². The molecule has 0 fully saturated rings. The highest BCUT2D eigenvalue weighted by molar-refractivity contribution is 5.88. The molecule has 3 N–H and O–H groups in total. The maximum atomic E-state index is 12.3. The van der Waals surface area contributed by atoms with Crippen LogP contribution in [0.2, 0.25) is 0 Å². The highest BCUT2D eigenvalue weighted by atomic mass is 16.1. The minimum Gasteiger partial charge on any atom is -0.387 e. The molecule has 1 aromatic carbocycles. The lowest BCUT2D eigenvalue weighted by atomic mass is 9.98. The number of likely N-dealkylation sites (N-methyl/N-ethyl adjacent to an activating group) is 1. The number of amides is 1. The van der Waals surface area contributed by atoms with Gasteiger partial charge in [-0.15, -0.1) is 0 Å². The number of hydrogen-bond donors (Lipinski definition) is 3. The molecular formula is C30H40N4O. The number of allylic oxidation sites excluding steroid dienone is 9. The highest BCUT2D eigenvalue weighted by Crippen LogP contribution is 2.21. The molecule has 0 radical (unpaired) electrons. The summed E-state index contributed by atoms with van der Waals surface area (Å²) in [4.78, 5) is 14.3. The van der Waals surface area contributed by atoms with E-state index in [-0.39, 0.29) is 5.91 Å². The van der Waals surface area contributed by atoms with Crippen molar-refractivity contribution in [3.63, 3.8) is 0 Å². The Morgan fingerprint density at radius 2 is 1.94 bits per heavy atom. The van der Waals surface area contributed by atoms with Gasteiger partial charge in [0.1, 0.15) is 5.82 Å². The molecule has 1 amide bonds. The van der Waals surface area contributed by atoms with E-state index in [0.717, 1.165) is 40.3 Å². The second-order valence-corrected chi connectivity index (χ2v) is 8.71. The van der Waals surface area contributed by atoms with Crippen LogP contribution in [0.4, 0.5) is 0 Å². The number of nitrogens with zero attached hydrogens (tertiary/aromatic N) is 1. The minimum atomic E-state index is -0.108. The summed E-state index contributed by atoms with van der Waals surface area (Å²) in [6.45, 7) is 15.5. The van der Waals surface area contributed by atoms with E-state index in [1.54, 1.807) is 12.2 Å². The second kappa shape index (κ2) is 13.9. The van der Waals surface area contributed by atoms with Gasteiger partial charge in [0.05, 0.1) is 5.70 Å². The Hall–Kier alpha value is -3.73. The molecule has 1 unspecified atom stereocenters. The highest BCUT2D eigenvalue weighted by Gasteiger charge is 2.11. The summed E-state index contributed by atoms with van der Waals surface area (Å²) < 4.78 is 0. The third kappa shape index (κ3) is 8.53. The molecule has 5 heteroatoms. The molecule has 0 bridgehead atoms. The van der Waals surface area contributed by atoms with E-state index >= 15 is 0 Å². The van der Waals surface area contributed by atoms with Crippen molar-refractivity contribution in [2.45, 2.75) is 27.2 Å². The molecule has 0 spiro atoms. The maximum absolute atomic E-state index is 12.3. The van der Waals surface area contributed by atoms with Gasteiger partial charge in [-0.2, -0.15) is 0 Å². The van der Waals surface area contributed by atoms with Gasteiger partial charge in [0.2, 0.25) is 5.91 Å². The van der Waals surface area contributed by atoms with Crippen LogP contribution in [0.15, 0.2) is 103 Å². The molecule has 0 heterocycles. The zero-order chi connectivity index (χ0) is 25.8. The van der Waals surface area contributed by atoms with Crippen LogP contribution in [-0.2, 0) is 4.79 Å². The van der Waals surface area contributed by atoms with Crippen molar-refractivity contribution in [2.24, 2.45) is 5.92 Å². The summed E-state index contributed by atoms with van der Waals surface area (Å²) in [5, 5.41) is 9.58. The van der Waals surface area contributed by atoms with Crippen LogP contribution in [0, 0.1) is 12.8 Å². The quantitative estimate of drug-likeness (QED) is 0.222. The first-order valence-electron chi connectivity index (χ1n) is 12.1. The molecule has 35 heavy (non-hydrogen) atoms. The van der Waals surface area contributed by atoms with Gasteiger partial charge in [0.25, 0.3) is 0 Å². The standard InChI is InChI=1S/C30H40N4O/c1-8-28(31-6)25(5)34(7)29(21-24(4)27-12-10-9-11-23(27)3)32-19-20-33-30(35)18-17-26-15-13-22(2)14-16-26/h8-13,15-18,21-22,31-32H,1,4,14,19-20H2,2-3,5-7H3,(H,33,35)/b18-17+,28-25+,29-21-. The van der Waals surface area contributed by atoms with Gasteiger partial charge < -0.3 is 20.9 Å². The fourth-order valence-corrected chi connectivity index (χ4v) is 3.71. The maximum Gasteiger partial charge on any atom is 0.244 e. The zero-order valence-electron chi connectivity index (χ0n) is 21.8. The third-order valence-electron chi connectivity index (χ3n) is 6.03. The van der Waals surface area contributed by atoms with E-state index in [2.05, 4.69) is 78.2 Å². The van der Waals surface area contributed by atoms with Crippen molar-refractivity contribution in [3.8, 4) is 0 Å². The number of carbonyl (C=O) groups excluding carboxylic acids is 1. The first kappa shape index (κ1) is 27.5. The monoisotopic (exact) mass is 472 g/mol. The number of aryl methyl sites for hydroxylation is 1. The van der Waals surface area contributed by atoms with Gasteiger partial charge in [-0.3, -0.25) is 4.79 Å². The van der Waals surface area contributed by atoms with Crippen LogP contribution in [0.1, 0.15) is 31.4 Å². The smallest absolute Gasteiger partial charge is 0.244 e. The molecule has 1 aliphatic rings. The summed E-state index contributed by atoms with van der Waals surface area (Å²) in [5.74, 6) is 1.33. The normalized spacial score (nSPS) is 16.3. The number of benzene rings is 1. The lowest BCUT2D eigenvalue weighted by molar-refractivity contribution is -0.116. The fraction of sp³-hybridized carbons (Fsp3) is 0.300. The third-order valence-corrected chi connectivity index (χ3v) is 6.03. The van der Waals surface area contributed by atoms with Crippen LogP contribution in [0.3, 0.4) is 0 Å². The molecule has 2 rings (SSSR count). The average Bonchev–Trinajstić information content (AvgIpc) is 2.85. The number of nitrogens with one attached hydrogen (secondary N) is 3. The molecule has 1 aliphatic carbocycles. The van der Waals surface area contributed by atoms with E-state index in [1.165, 1.54) is 5.56 Å². The Labute approximate surface area is 211 Å². The Balaban J connectivity index is 2.07. The molecular weight excluding hydrogens is 432 g/mol. The van der Waals surface area contributed by atoms with E-state index < -0.39 is 0 Å². The van der Waals surface area contributed by atoms with E-state index in [1.807, 2.05) is 45.3 Å². The van der Waals surface area contributed by atoms with E-state index in [9.17, 15) is 4.79 Å². The Morgan fingerprint density at radius 1 is 1.23 bits per heavy atom. The minimum absolute atomic E-state index is 0.108. The van der Waals surface area contributed by atoms with Crippen molar-refractivity contribution < 1.29 is 4.79 Å². The fourth-order valence-electron chi connectivity index (χ4n) is 3.71. The van der Waals surface area contributed by atoms with Crippen LogP contribution in [-0.4, -0.2) is 38.0 Å². The van der Waals surface area contributed by atoms with Crippen LogP contribution in [0.5, 0.6) is 0 Å². The Morgan fingerprint density at radius 3 is 2.57 bits per heavy atom. The topological polar surface area (TPSA) is 56.4 Å². The summed E-state index contributed by atoms with van der Waals surface area (Å²) in [6.07, 6.45) is 14.7.